The zero-order chi connectivity index (χ0) is 4.41. The Bertz CT molecular complexity index is 105. The fraction of sp³-hybridized carbons (Fsp3) is 0.333. The van der Waals surface area contributed by atoms with Gasteiger partial charge in [0.2, 0.25) is 12.7 Å². The molecule has 0 unspecified atom stereocenters. The molecular weight excluding hydrogens is 80.0 g/mol. The Morgan fingerprint density at radius 3 is 2.50 bits per heavy atom. The van der Waals surface area contributed by atoms with Crippen LogP contribution in [-0.4, -0.2) is 29.1 Å². The highest BCUT2D eigenvalue weighted by molar-refractivity contribution is 5.74. The summed E-state index contributed by atoms with van der Waals surface area (Å²) in [5.74, 6) is 0. The Balaban J connectivity index is 2.37. The van der Waals surface area contributed by atoms with Gasteiger partial charge in [-0.25, -0.2) is 4.58 Å². The van der Waals surface area contributed by atoms with Crippen molar-refractivity contribution in [3.63, 3.8) is 0 Å². The van der Waals surface area contributed by atoms with Crippen molar-refractivity contribution in [2.45, 2.75) is 0 Å². The maximum atomic E-state index is 8.19. The lowest BCUT2D eigenvalue weighted by molar-refractivity contribution is -0.452. The summed E-state index contributed by atoms with van der Waals surface area (Å²) in [7, 11) is 0. The molecule has 0 bridgehead atoms. The monoisotopic (exact) mass is 85.0 g/mol. The average molecular weight is 85.1 g/mol. The van der Waals surface area contributed by atoms with Gasteiger partial charge in [0, 0.05) is 0 Å². The minimum Gasteiger partial charge on any atom is -0.363 e. The summed E-state index contributed by atoms with van der Waals surface area (Å²) in [6, 6.07) is 0. The molecule has 0 amide bonds. The highest BCUT2D eigenvalue weighted by Gasteiger charge is 1.96. The van der Waals surface area contributed by atoms with Gasteiger partial charge in [-0.15, -0.1) is 0 Å². The van der Waals surface area contributed by atoms with Crippen LogP contribution in [0.1, 0.15) is 0 Å². The topological polar surface area (TPSA) is 35.6 Å². The lowest BCUT2D eigenvalue weighted by Crippen LogP contribution is -2.18. The van der Waals surface area contributed by atoms with Crippen LogP contribution in [0.4, 0.5) is 0 Å². The Morgan fingerprint density at radius 2 is 2.50 bits per heavy atom. The van der Waals surface area contributed by atoms with Crippen LogP contribution in [0.15, 0.2) is 4.99 Å². The zero-order valence-electron chi connectivity index (χ0n) is 3.20. The molecular formula is C3H5N2O+. The van der Waals surface area contributed by atoms with Crippen LogP contribution in [-0.2, 0) is 0 Å². The van der Waals surface area contributed by atoms with Crippen LogP contribution in [0.25, 0.3) is 0 Å². The average Bonchev–Trinajstić information content (AvgIpc) is 1.31. The molecule has 0 aromatic rings. The lowest BCUT2D eigenvalue weighted by atomic mass is 10.9. The molecule has 0 spiro atoms. The standard InChI is InChI=1S/C3H5N2O/c6-3-5-1-4-2-5/h1-2,6H,3H2/q+1. The van der Waals surface area contributed by atoms with Crippen molar-refractivity contribution in [2.24, 2.45) is 4.99 Å². The van der Waals surface area contributed by atoms with Gasteiger partial charge in [0.15, 0.2) is 6.73 Å². The van der Waals surface area contributed by atoms with Crippen LogP contribution in [0.2, 0.25) is 0 Å². The van der Waals surface area contributed by atoms with Crippen molar-refractivity contribution in [1.29, 1.82) is 0 Å². The molecule has 0 aromatic heterocycles. The minimum absolute atomic E-state index is 0.0451. The van der Waals surface area contributed by atoms with Crippen LogP contribution in [0.3, 0.4) is 0 Å². The molecule has 1 N–H and O–H groups in total. The number of aliphatic hydroxyl groups is 1. The first-order chi connectivity index (χ1) is 2.93. The van der Waals surface area contributed by atoms with Gasteiger partial charge < -0.3 is 5.11 Å². The Labute approximate surface area is 35.3 Å². The summed E-state index contributed by atoms with van der Waals surface area (Å²) in [5, 5.41) is 8.19. The van der Waals surface area contributed by atoms with E-state index >= 15 is 0 Å². The number of hydrogen-bond acceptors (Lipinski definition) is 2. The van der Waals surface area contributed by atoms with Crippen LogP contribution in [0.5, 0.6) is 0 Å². The second kappa shape index (κ2) is 1.18. The van der Waals surface area contributed by atoms with E-state index in [9.17, 15) is 0 Å². The number of aliphatic imine (C=N–C) groups is 1. The van der Waals surface area contributed by atoms with E-state index < -0.39 is 0 Å². The zero-order valence-corrected chi connectivity index (χ0v) is 3.20. The predicted molar refractivity (Wildman–Crippen MR) is 21.9 cm³/mol. The van der Waals surface area contributed by atoms with Crippen molar-refractivity contribution in [3.8, 4) is 0 Å². The predicted octanol–water partition coefficient (Wildman–Crippen LogP) is -0.981. The molecule has 0 aliphatic carbocycles. The molecule has 0 atom stereocenters. The number of rotatable bonds is 1. The van der Waals surface area contributed by atoms with Gasteiger partial charge in [-0.2, -0.15) is 0 Å². The van der Waals surface area contributed by atoms with Gasteiger partial charge in [0.1, 0.15) is 0 Å². The van der Waals surface area contributed by atoms with Crippen LogP contribution < -0.4 is 0 Å². The van der Waals surface area contributed by atoms with E-state index in [2.05, 4.69) is 4.99 Å². The molecule has 1 heterocycles. The molecule has 0 fully saturated rings. The molecule has 0 aromatic carbocycles. The summed E-state index contributed by atoms with van der Waals surface area (Å²) in [6.45, 7) is 0.0451. The Morgan fingerprint density at radius 1 is 1.83 bits per heavy atom. The molecule has 3 nitrogen and oxygen atoms in total. The molecule has 0 saturated carbocycles. The fourth-order valence-corrected chi connectivity index (χ4v) is 0.234. The van der Waals surface area contributed by atoms with Crippen molar-refractivity contribution in [2.75, 3.05) is 6.73 Å². The molecule has 0 saturated heterocycles. The van der Waals surface area contributed by atoms with Crippen molar-refractivity contribution in [3.05, 3.63) is 0 Å². The van der Waals surface area contributed by atoms with Crippen LogP contribution in [0, 0.1) is 0 Å². The summed E-state index contributed by atoms with van der Waals surface area (Å²) in [6.07, 6.45) is 3.11. The summed E-state index contributed by atoms with van der Waals surface area (Å²) < 4.78 is 1.57. The number of nitrogens with zero attached hydrogens (tertiary/aromatic N) is 2. The Hall–Kier alpha value is -0.700. The molecule has 3 heteroatoms. The number of hydrogen-bond donors (Lipinski definition) is 1. The van der Waals surface area contributed by atoms with E-state index in [1.165, 1.54) is 0 Å². The highest BCUT2D eigenvalue weighted by atomic mass is 16.3. The third-order valence-corrected chi connectivity index (χ3v) is 0.593. The van der Waals surface area contributed by atoms with Crippen LogP contribution >= 0.6 is 0 Å². The van der Waals surface area contributed by atoms with E-state index in [4.69, 9.17) is 5.11 Å². The first-order valence-electron chi connectivity index (χ1n) is 1.67. The van der Waals surface area contributed by atoms with Gasteiger partial charge in [0.05, 0.1) is 0 Å². The van der Waals surface area contributed by atoms with Gasteiger partial charge in [-0.05, 0) is 0 Å². The van der Waals surface area contributed by atoms with Crippen molar-refractivity contribution < 1.29 is 9.68 Å². The van der Waals surface area contributed by atoms with Gasteiger partial charge in [-0.1, -0.05) is 4.99 Å². The lowest BCUT2D eigenvalue weighted by Gasteiger charge is -1.94. The number of aliphatic hydroxyl groups excluding tert-OH is 1. The van der Waals surface area contributed by atoms with E-state index in [1.54, 1.807) is 17.3 Å². The highest BCUT2D eigenvalue weighted by Crippen LogP contribution is 1.73. The molecule has 1 rings (SSSR count). The second-order valence-electron chi connectivity index (χ2n) is 1.04. The summed E-state index contributed by atoms with van der Waals surface area (Å²) >= 11 is 0. The van der Waals surface area contributed by atoms with E-state index in [1.807, 2.05) is 0 Å². The van der Waals surface area contributed by atoms with Crippen molar-refractivity contribution in [1.82, 2.24) is 0 Å². The molecule has 1 aliphatic heterocycles. The normalized spacial score (nSPS) is 16.5. The molecule has 0 radical (unpaired) electrons. The smallest absolute Gasteiger partial charge is 0.230 e. The van der Waals surface area contributed by atoms with Crippen molar-refractivity contribution >= 4 is 12.7 Å². The largest absolute Gasteiger partial charge is 0.363 e. The molecule has 32 valence electrons. The maximum Gasteiger partial charge on any atom is 0.230 e. The first-order valence-corrected chi connectivity index (χ1v) is 1.67. The van der Waals surface area contributed by atoms with E-state index in [-0.39, 0.29) is 6.73 Å². The Kier molecular flexibility index (Phi) is 0.686. The maximum absolute atomic E-state index is 8.19. The second-order valence-corrected chi connectivity index (χ2v) is 1.04. The van der Waals surface area contributed by atoms with E-state index in [0.717, 1.165) is 0 Å². The SMILES string of the molecule is OC[N+]1=CN=C1. The quantitative estimate of drug-likeness (QED) is 0.408. The fourth-order valence-electron chi connectivity index (χ4n) is 0.234. The minimum atomic E-state index is 0.0451. The van der Waals surface area contributed by atoms with Gasteiger partial charge >= 0.3 is 0 Å². The summed E-state index contributed by atoms with van der Waals surface area (Å²) in [4.78, 5) is 3.58. The third kappa shape index (κ3) is 0.328. The summed E-state index contributed by atoms with van der Waals surface area (Å²) in [5.41, 5.74) is 0. The first kappa shape index (κ1) is 3.49. The van der Waals surface area contributed by atoms with Gasteiger partial charge in [0.25, 0.3) is 0 Å². The third-order valence-electron chi connectivity index (χ3n) is 0.593. The molecule has 6 heavy (non-hydrogen) atoms. The van der Waals surface area contributed by atoms with E-state index in [0.29, 0.717) is 0 Å². The molecule has 1 aliphatic rings. The van der Waals surface area contributed by atoms with Gasteiger partial charge in [-0.3, -0.25) is 0 Å².